The number of hydrogen-bond acceptors (Lipinski definition) is 3. The molecule has 0 aromatic heterocycles. The minimum absolute atomic E-state index is 0.263. The van der Waals surface area contributed by atoms with Crippen LogP contribution in [0.5, 0.6) is 0 Å². The molecule has 3 atom stereocenters. The molecule has 4 nitrogen and oxygen atoms in total. The monoisotopic (exact) mass is 284 g/mol. The topological polar surface area (TPSA) is 64.3 Å². The summed E-state index contributed by atoms with van der Waals surface area (Å²) in [6.07, 6.45) is 8.34. The number of likely N-dealkylation sites (N-methyl/N-ethyl adjacent to an activating group) is 1. The third kappa shape index (κ3) is 5.41. The first kappa shape index (κ1) is 17.4. The van der Waals surface area contributed by atoms with Gasteiger partial charge in [-0.2, -0.15) is 0 Å². The summed E-state index contributed by atoms with van der Waals surface area (Å²) in [5.41, 5.74) is 4.90. The lowest BCUT2D eigenvalue weighted by atomic mass is 9.88. The number of carbonyl (C=O) groups excluding carboxylic acids is 1. The van der Waals surface area contributed by atoms with Gasteiger partial charge in [0.25, 0.3) is 0 Å². The Balaban J connectivity index is 2.18. The molecule has 0 aromatic carbocycles. The normalized spacial score (nSPS) is 26.1. The van der Waals surface area contributed by atoms with Gasteiger partial charge >= 0.3 is 0 Å². The van der Waals surface area contributed by atoms with E-state index in [4.69, 9.17) is 10.5 Å². The molecule has 3 N–H and O–H groups in total. The van der Waals surface area contributed by atoms with Gasteiger partial charge in [0.15, 0.2) is 0 Å². The van der Waals surface area contributed by atoms with Crippen molar-refractivity contribution in [1.82, 2.24) is 5.32 Å². The van der Waals surface area contributed by atoms with Crippen molar-refractivity contribution in [3.05, 3.63) is 0 Å². The Labute approximate surface area is 123 Å². The highest BCUT2D eigenvalue weighted by atomic mass is 16.5. The molecular formula is C16H32N2O2. The molecule has 1 aliphatic carbocycles. The number of ether oxygens (including phenoxy) is 1. The van der Waals surface area contributed by atoms with Crippen molar-refractivity contribution in [3.63, 3.8) is 0 Å². The molecule has 1 rings (SSSR count). The molecule has 1 saturated carbocycles. The van der Waals surface area contributed by atoms with E-state index in [0.29, 0.717) is 12.0 Å². The number of carbonyl (C=O) groups is 1. The Morgan fingerprint density at radius 2 is 2.05 bits per heavy atom. The fourth-order valence-corrected chi connectivity index (χ4v) is 3.03. The van der Waals surface area contributed by atoms with Crippen LogP contribution >= 0.6 is 0 Å². The number of amides is 1. The fourth-order valence-electron chi connectivity index (χ4n) is 3.03. The number of rotatable bonds is 9. The highest BCUT2D eigenvalue weighted by molar-refractivity contribution is 5.84. The Bertz CT molecular complexity index is 296. The summed E-state index contributed by atoms with van der Waals surface area (Å²) < 4.78 is 5.99. The van der Waals surface area contributed by atoms with Gasteiger partial charge in [-0.25, -0.2) is 0 Å². The molecule has 20 heavy (non-hydrogen) atoms. The number of primary amides is 1. The maximum atomic E-state index is 11.5. The van der Waals surface area contributed by atoms with Crippen LogP contribution in [-0.2, 0) is 9.53 Å². The zero-order chi connectivity index (χ0) is 15.0. The van der Waals surface area contributed by atoms with Crippen LogP contribution in [-0.4, -0.2) is 30.7 Å². The maximum absolute atomic E-state index is 11.5. The summed E-state index contributed by atoms with van der Waals surface area (Å²) in [5, 5.41) is 3.19. The summed E-state index contributed by atoms with van der Waals surface area (Å²) >= 11 is 0. The van der Waals surface area contributed by atoms with E-state index in [9.17, 15) is 4.79 Å². The van der Waals surface area contributed by atoms with Gasteiger partial charge in [-0.3, -0.25) is 4.79 Å². The molecular weight excluding hydrogens is 252 g/mol. The van der Waals surface area contributed by atoms with Gasteiger partial charge < -0.3 is 15.8 Å². The van der Waals surface area contributed by atoms with Crippen molar-refractivity contribution in [3.8, 4) is 0 Å². The average Bonchev–Trinajstić information content (AvgIpc) is 2.40. The van der Waals surface area contributed by atoms with E-state index >= 15 is 0 Å². The van der Waals surface area contributed by atoms with Crippen LogP contribution < -0.4 is 11.1 Å². The smallest absolute Gasteiger partial charge is 0.237 e. The molecule has 0 radical (unpaired) electrons. The predicted molar refractivity (Wildman–Crippen MR) is 82.5 cm³/mol. The second kappa shape index (κ2) is 8.63. The lowest BCUT2D eigenvalue weighted by molar-refractivity contribution is -0.124. The highest BCUT2D eigenvalue weighted by Crippen LogP contribution is 2.26. The lowest BCUT2D eigenvalue weighted by Gasteiger charge is -2.29. The summed E-state index contributed by atoms with van der Waals surface area (Å²) in [5.74, 6) is 0.433. The Hall–Kier alpha value is -0.610. The maximum Gasteiger partial charge on any atom is 0.237 e. The first-order valence-corrected chi connectivity index (χ1v) is 8.16. The molecule has 0 saturated heterocycles. The standard InChI is InChI=1S/C16H32N2O2/c1-4-18-16(3,15(17)19)11-7-8-12-20-14-10-6-5-9-13(14)2/h13-14,18H,4-12H2,1-3H3,(H2,17,19). The third-order valence-electron chi connectivity index (χ3n) is 4.55. The van der Waals surface area contributed by atoms with Crippen LogP contribution in [0.4, 0.5) is 0 Å². The van der Waals surface area contributed by atoms with Crippen molar-refractivity contribution in [2.24, 2.45) is 11.7 Å². The van der Waals surface area contributed by atoms with E-state index in [1.165, 1.54) is 25.7 Å². The van der Waals surface area contributed by atoms with Crippen LogP contribution in [0, 0.1) is 5.92 Å². The largest absolute Gasteiger partial charge is 0.378 e. The van der Waals surface area contributed by atoms with Gasteiger partial charge in [0, 0.05) is 6.61 Å². The Morgan fingerprint density at radius 3 is 2.65 bits per heavy atom. The molecule has 1 fully saturated rings. The number of unbranched alkanes of at least 4 members (excludes halogenated alkanes) is 1. The van der Waals surface area contributed by atoms with Crippen molar-refractivity contribution in [2.45, 2.75) is 77.4 Å². The molecule has 0 heterocycles. The van der Waals surface area contributed by atoms with E-state index in [0.717, 1.165) is 32.4 Å². The van der Waals surface area contributed by atoms with Gasteiger partial charge in [0.2, 0.25) is 5.91 Å². The first-order valence-electron chi connectivity index (χ1n) is 8.16. The van der Waals surface area contributed by atoms with Crippen LogP contribution in [0.25, 0.3) is 0 Å². The SMILES string of the molecule is CCNC(C)(CCCCOC1CCCCC1C)C(N)=O. The number of nitrogens with two attached hydrogens (primary N) is 1. The highest BCUT2D eigenvalue weighted by Gasteiger charge is 2.29. The molecule has 118 valence electrons. The third-order valence-corrected chi connectivity index (χ3v) is 4.55. The van der Waals surface area contributed by atoms with Gasteiger partial charge in [0.1, 0.15) is 0 Å². The van der Waals surface area contributed by atoms with Crippen molar-refractivity contribution in [2.75, 3.05) is 13.2 Å². The Kier molecular flexibility index (Phi) is 7.52. The van der Waals surface area contributed by atoms with Crippen LogP contribution in [0.2, 0.25) is 0 Å². The number of nitrogens with one attached hydrogen (secondary N) is 1. The van der Waals surface area contributed by atoms with Crippen molar-refractivity contribution < 1.29 is 9.53 Å². The zero-order valence-electron chi connectivity index (χ0n) is 13.4. The van der Waals surface area contributed by atoms with Gasteiger partial charge in [-0.15, -0.1) is 0 Å². The van der Waals surface area contributed by atoms with Gasteiger partial charge in [-0.05, 0) is 51.5 Å². The molecule has 1 amide bonds. The van der Waals surface area contributed by atoms with Crippen molar-refractivity contribution in [1.29, 1.82) is 0 Å². The minimum Gasteiger partial charge on any atom is -0.378 e. The van der Waals surface area contributed by atoms with E-state index in [1.807, 2.05) is 13.8 Å². The number of hydrogen-bond donors (Lipinski definition) is 2. The quantitative estimate of drug-likeness (QED) is 0.640. The zero-order valence-corrected chi connectivity index (χ0v) is 13.4. The molecule has 0 aromatic rings. The van der Waals surface area contributed by atoms with E-state index in [-0.39, 0.29) is 5.91 Å². The molecule has 0 bridgehead atoms. The molecule has 3 unspecified atom stereocenters. The summed E-state index contributed by atoms with van der Waals surface area (Å²) in [6, 6.07) is 0. The fraction of sp³-hybridized carbons (Fsp3) is 0.938. The average molecular weight is 284 g/mol. The van der Waals surface area contributed by atoms with Crippen LogP contribution in [0.15, 0.2) is 0 Å². The molecule has 4 heteroatoms. The summed E-state index contributed by atoms with van der Waals surface area (Å²) in [4.78, 5) is 11.5. The Morgan fingerprint density at radius 1 is 1.35 bits per heavy atom. The van der Waals surface area contributed by atoms with E-state index < -0.39 is 5.54 Å². The second-order valence-electron chi connectivity index (χ2n) is 6.35. The van der Waals surface area contributed by atoms with Crippen LogP contribution in [0.1, 0.15) is 65.7 Å². The van der Waals surface area contributed by atoms with Gasteiger partial charge in [-0.1, -0.05) is 26.7 Å². The van der Waals surface area contributed by atoms with Crippen LogP contribution in [0.3, 0.4) is 0 Å². The molecule has 0 spiro atoms. The summed E-state index contributed by atoms with van der Waals surface area (Å²) in [7, 11) is 0. The minimum atomic E-state index is -0.577. The van der Waals surface area contributed by atoms with Gasteiger partial charge in [0.05, 0.1) is 11.6 Å². The predicted octanol–water partition coefficient (Wildman–Crippen LogP) is 2.61. The van der Waals surface area contributed by atoms with E-state index in [1.54, 1.807) is 0 Å². The molecule has 1 aliphatic rings. The van der Waals surface area contributed by atoms with Crippen molar-refractivity contribution >= 4 is 5.91 Å². The van der Waals surface area contributed by atoms with E-state index in [2.05, 4.69) is 12.2 Å². The summed E-state index contributed by atoms with van der Waals surface area (Å²) in [6.45, 7) is 7.74. The molecule has 0 aliphatic heterocycles. The second-order valence-corrected chi connectivity index (χ2v) is 6.35. The first-order chi connectivity index (χ1) is 9.49. The lowest BCUT2D eigenvalue weighted by Crippen LogP contribution is -2.53.